The Morgan fingerprint density at radius 2 is 2.12 bits per heavy atom. The number of H-pyrrole nitrogens is 1. The number of aromatic nitrogens is 3. The quantitative estimate of drug-likeness (QED) is 0.721. The second kappa shape index (κ2) is 7.31. The fourth-order valence-electron chi connectivity index (χ4n) is 2.82. The van der Waals surface area contributed by atoms with E-state index in [0.29, 0.717) is 18.9 Å². The molecule has 2 aromatic rings. The Labute approximate surface area is 141 Å². The zero-order chi connectivity index (χ0) is 16.9. The Morgan fingerprint density at radius 1 is 1.33 bits per heavy atom. The summed E-state index contributed by atoms with van der Waals surface area (Å²) in [6.07, 6.45) is 0. The van der Waals surface area contributed by atoms with E-state index in [9.17, 15) is 4.79 Å². The van der Waals surface area contributed by atoms with Crippen LogP contribution in [0.25, 0.3) is 0 Å². The van der Waals surface area contributed by atoms with E-state index in [4.69, 9.17) is 5.73 Å². The lowest BCUT2D eigenvalue weighted by molar-refractivity contribution is -0.122. The van der Waals surface area contributed by atoms with Crippen LogP contribution in [0.4, 0.5) is 11.6 Å². The third-order valence-corrected chi connectivity index (χ3v) is 4.11. The van der Waals surface area contributed by atoms with E-state index in [1.54, 1.807) is 0 Å². The van der Waals surface area contributed by atoms with Gasteiger partial charge >= 0.3 is 0 Å². The summed E-state index contributed by atoms with van der Waals surface area (Å²) in [5, 5.41) is 9.23. The summed E-state index contributed by atoms with van der Waals surface area (Å²) in [4.78, 5) is 20.5. The van der Waals surface area contributed by atoms with Crippen LogP contribution in [-0.4, -0.2) is 58.7 Å². The maximum atomic E-state index is 12.0. The third-order valence-electron chi connectivity index (χ3n) is 4.11. The van der Waals surface area contributed by atoms with Gasteiger partial charge in [0.05, 0.1) is 13.1 Å². The molecule has 2 heterocycles. The molecule has 1 saturated heterocycles. The Balaban J connectivity index is 1.42. The van der Waals surface area contributed by atoms with Crippen LogP contribution in [0.1, 0.15) is 11.4 Å². The zero-order valence-corrected chi connectivity index (χ0v) is 13.8. The lowest BCUT2D eigenvalue weighted by Crippen LogP contribution is -2.49. The van der Waals surface area contributed by atoms with E-state index in [0.717, 1.165) is 26.2 Å². The number of carbonyl (C=O) groups excluding carboxylic acids is 1. The average Bonchev–Trinajstić information content (AvgIpc) is 2.99. The number of amides is 1. The highest BCUT2D eigenvalue weighted by Crippen LogP contribution is 2.17. The monoisotopic (exact) mass is 329 g/mol. The van der Waals surface area contributed by atoms with Gasteiger partial charge in [0.25, 0.3) is 0 Å². The first-order valence-corrected chi connectivity index (χ1v) is 8.07. The van der Waals surface area contributed by atoms with Crippen molar-refractivity contribution in [2.24, 2.45) is 0 Å². The van der Waals surface area contributed by atoms with Crippen LogP contribution in [0.15, 0.2) is 24.3 Å². The lowest BCUT2D eigenvalue weighted by atomic mass is 10.2. The van der Waals surface area contributed by atoms with Crippen molar-refractivity contribution in [1.29, 1.82) is 0 Å². The number of nitrogens with two attached hydrogens (primary N) is 1. The molecule has 0 aliphatic carbocycles. The molecule has 0 atom stereocenters. The molecule has 4 N–H and O–H groups in total. The number of hydrogen-bond acceptors (Lipinski definition) is 6. The maximum Gasteiger partial charge on any atom is 0.239 e. The van der Waals surface area contributed by atoms with Crippen LogP contribution >= 0.6 is 0 Å². The molecule has 0 saturated carbocycles. The number of nitrogens with one attached hydrogen (secondary N) is 2. The van der Waals surface area contributed by atoms with E-state index >= 15 is 0 Å². The fourth-order valence-corrected chi connectivity index (χ4v) is 2.82. The lowest BCUT2D eigenvalue weighted by Gasteiger charge is -2.35. The Kier molecular flexibility index (Phi) is 4.95. The van der Waals surface area contributed by atoms with Crippen LogP contribution in [0.5, 0.6) is 0 Å². The molecular weight excluding hydrogens is 306 g/mol. The molecule has 128 valence electrons. The molecule has 1 aromatic carbocycles. The van der Waals surface area contributed by atoms with Gasteiger partial charge in [0.15, 0.2) is 0 Å². The van der Waals surface area contributed by atoms with Crippen molar-refractivity contribution < 1.29 is 4.79 Å². The van der Waals surface area contributed by atoms with Crippen molar-refractivity contribution in [3.63, 3.8) is 0 Å². The Morgan fingerprint density at radius 3 is 2.79 bits per heavy atom. The predicted octanol–water partition coefficient (Wildman–Crippen LogP) is 0.134. The number of benzene rings is 1. The summed E-state index contributed by atoms with van der Waals surface area (Å²) in [6, 6.07) is 8.52. The number of rotatable bonds is 5. The van der Waals surface area contributed by atoms with Crippen molar-refractivity contribution in [2.45, 2.75) is 13.5 Å². The van der Waals surface area contributed by atoms with Crippen molar-refractivity contribution in [3.05, 3.63) is 35.7 Å². The average molecular weight is 329 g/mol. The second-order valence-corrected chi connectivity index (χ2v) is 6.02. The molecule has 1 amide bonds. The molecule has 1 fully saturated rings. The molecule has 24 heavy (non-hydrogen) atoms. The number of aryl methyl sites for hydroxylation is 1. The Hall–Kier alpha value is -2.61. The summed E-state index contributed by atoms with van der Waals surface area (Å²) in [6.45, 7) is 6.40. The summed E-state index contributed by atoms with van der Waals surface area (Å²) < 4.78 is 0. The van der Waals surface area contributed by atoms with Gasteiger partial charge in [-0.25, -0.2) is 0 Å². The van der Waals surface area contributed by atoms with Gasteiger partial charge in [-0.05, 0) is 24.6 Å². The normalized spacial score (nSPS) is 15.5. The van der Waals surface area contributed by atoms with Crippen molar-refractivity contribution in [3.8, 4) is 0 Å². The van der Waals surface area contributed by atoms with Crippen LogP contribution < -0.4 is 16.0 Å². The first kappa shape index (κ1) is 16.3. The van der Waals surface area contributed by atoms with Gasteiger partial charge in [0, 0.05) is 31.9 Å². The van der Waals surface area contributed by atoms with Gasteiger partial charge in [-0.15, -0.1) is 5.10 Å². The Bertz CT molecular complexity index is 691. The molecular formula is C16H23N7O. The molecule has 1 aliphatic rings. The second-order valence-electron chi connectivity index (χ2n) is 6.02. The molecule has 3 rings (SSSR count). The number of piperazine rings is 1. The fraction of sp³-hybridized carbons (Fsp3) is 0.438. The smallest absolute Gasteiger partial charge is 0.239 e. The molecule has 0 spiro atoms. The number of nitrogens with zero attached hydrogens (tertiary/aromatic N) is 4. The predicted molar refractivity (Wildman–Crippen MR) is 92.5 cm³/mol. The summed E-state index contributed by atoms with van der Waals surface area (Å²) in [7, 11) is 0. The minimum absolute atomic E-state index is 0.0195. The van der Waals surface area contributed by atoms with Crippen LogP contribution in [-0.2, 0) is 11.3 Å². The highest BCUT2D eigenvalue weighted by Gasteiger charge is 2.19. The molecule has 8 nitrogen and oxygen atoms in total. The van der Waals surface area contributed by atoms with Crippen LogP contribution in [0.2, 0.25) is 0 Å². The van der Waals surface area contributed by atoms with Gasteiger partial charge in [-0.1, -0.05) is 12.1 Å². The number of hydrogen-bond donors (Lipinski definition) is 3. The first-order valence-electron chi connectivity index (χ1n) is 8.07. The number of anilines is 2. The summed E-state index contributed by atoms with van der Waals surface area (Å²) in [5.74, 6) is 0.727. The van der Waals surface area contributed by atoms with E-state index < -0.39 is 0 Å². The van der Waals surface area contributed by atoms with Gasteiger partial charge in [0.2, 0.25) is 11.9 Å². The highest BCUT2D eigenvalue weighted by molar-refractivity contribution is 5.78. The molecule has 0 unspecified atom stereocenters. The largest absolute Gasteiger partial charge is 0.369 e. The number of carbonyl (C=O) groups is 1. The molecule has 8 heteroatoms. The van der Waals surface area contributed by atoms with Gasteiger partial charge in [-0.3, -0.25) is 14.8 Å². The van der Waals surface area contributed by atoms with Gasteiger partial charge < -0.3 is 16.0 Å². The van der Waals surface area contributed by atoms with E-state index in [-0.39, 0.29) is 11.9 Å². The van der Waals surface area contributed by atoms with E-state index in [2.05, 4.69) is 61.5 Å². The zero-order valence-electron chi connectivity index (χ0n) is 13.8. The first-order chi connectivity index (χ1) is 11.6. The summed E-state index contributed by atoms with van der Waals surface area (Å²) >= 11 is 0. The SMILES string of the molecule is Cc1cccc(N2CCN(CC(=O)NCc3nc(N)n[nH]3)CC2)c1. The van der Waals surface area contributed by atoms with Crippen molar-refractivity contribution >= 4 is 17.5 Å². The van der Waals surface area contributed by atoms with Crippen LogP contribution in [0, 0.1) is 6.92 Å². The topological polar surface area (TPSA) is 103 Å². The third kappa shape index (κ3) is 4.23. The van der Waals surface area contributed by atoms with E-state index in [1.165, 1.54) is 11.3 Å². The number of aromatic amines is 1. The van der Waals surface area contributed by atoms with Gasteiger partial charge in [0.1, 0.15) is 5.82 Å². The maximum absolute atomic E-state index is 12.0. The van der Waals surface area contributed by atoms with Crippen molar-refractivity contribution in [2.75, 3.05) is 43.4 Å². The van der Waals surface area contributed by atoms with Crippen molar-refractivity contribution in [1.82, 2.24) is 25.4 Å². The van der Waals surface area contributed by atoms with E-state index in [1.807, 2.05) is 0 Å². The summed E-state index contributed by atoms with van der Waals surface area (Å²) in [5.41, 5.74) is 7.94. The van der Waals surface area contributed by atoms with Crippen LogP contribution in [0.3, 0.4) is 0 Å². The molecule has 1 aliphatic heterocycles. The highest BCUT2D eigenvalue weighted by atomic mass is 16.2. The minimum atomic E-state index is -0.0195. The molecule has 1 aromatic heterocycles. The van der Waals surface area contributed by atoms with Gasteiger partial charge in [-0.2, -0.15) is 4.98 Å². The minimum Gasteiger partial charge on any atom is -0.369 e. The molecule has 0 radical (unpaired) electrons. The number of nitrogen functional groups attached to an aromatic ring is 1. The molecule has 0 bridgehead atoms. The standard InChI is InChI=1S/C16H23N7O/c1-12-3-2-4-13(9-12)23-7-5-22(6-8-23)11-15(24)18-10-14-19-16(17)21-20-14/h2-4,9H,5-8,10-11H2,1H3,(H,18,24)(H3,17,19,20,21).